The third-order valence-electron chi connectivity index (χ3n) is 1.85. The summed E-state index contributed by atoms with van der Waals surface area (Å²) in [6.45, 7) is 6.10. The molecule has 3 N–H and O–H groups in total. The minimum atomic E-state index is 0.00444. The Morgan fingerprint density at radius 3 is 2.17 bits per heavy atom. The molecule has 66 valence electrons. The van der Waals surface area contributed by atoms with E-state index in [0.717, 1.165) is 5.69 Å². The van der Waals surface area contributed by atoms with Crippen LogP contribution in [0.2, 0.25) is 0 Å². The van der Waals surface area contributed by atoms with E-state index in [0.29, 0.717) is 0 Å². The molecule has 0 saturated carbocycles. The van der Waals surface area contributed by atoms with Gasteiger partial charge in [0.2, 0.25) is 0 Å². The number of hydrogen-bond donors (Lipinski definition) is 2. The van der Waals surface area contributed by atoms with E-state index in [9.17, 15) is 0 Å². The van der Waals surface area contributed by atoms with Crippen LogP contribution in [-0.4, -0.2) is 6.17 Å². The summed E-state index contributed by atoms with van der Waals surface area (Å²) in [6, 6.07) is 6.21. The Kier molecular flexibility index (Phi) is 2.71. The van der Waals surface area contributed by atoms with Crippen molar-refractivity contribution in [2.75, 3.05) is 5.32 Å². The molecule has 1 atom stereocenters. The van der Waals surface area contributed by atoms with E-state index >= 15 is 0 Å². The first-order valence-electron chi connectivity index (χ1n) is 4.19. The third-order valence-corrected chi connectivity index (χ3v) is 1.85. The summed E-state index contributed by atoms with van der Waals surface area (Å²) in [6.07, 6.45) is 0.00444. The van der Waals surface area contributed by atoms with Gasteiger partial charge in [0.05, 0.1) is 6.17 Å². The average Bonchev–Trinajstić information content (AvgIpc) is 1.97. The summed E-state index contributed by atoms with van der Waals surface area (Å²) < 4.78 is 0. The molecule has 0 bridgehead atoms. The van der Waals surface area contributed by atoms with E-state index in [2.05, 4.69) is 37.4 Å². The number of nitrogens with one attached hydrogen (secondary N) is 1. The summed E-state index contributed by atoms with van der Waals surface area (Å²) in [5.41, 5.74) is 9.30. The van der Waals surface area contributed by atoms with Crippen molar-refractivity contribution in [3.63, 3.8) is 0 Å². The van der Waals surface area contributed by atoms with Crippen LogP contribution >= 0.6 is 0 Å². The predicted molar refractivity (Wildman–Crippen MR) is 53.2 cm³/mol. The minimum Gasteiger partial charge on any atom is -0.370 e. The number of anilines is 1. The number of rotatable bonds is 2. The highest BCUT2D eigenvalue weighted by atomic mass is 15.0. The van der Waals surface area contributed by atoms with E-state index in [1.807, 2.05) is 6.92 Å². The van der Waals surface area contributed by atoms with Crippen LogP contribution in [0.1, 0.15) is 18.1 Å². The third kappa shape index (κ3) is 1.98. The van der Waals surface area contributed by atoms with Gasteiger partial charge in [0.15, 0.2) is 0 Å². The second kappa shape index (κ2) is 3.59. The molecular weight excluding hydrogens is 148 g/mol. The largest absolute Gasteiger partial charge is 0.370 e. The van der Waals surface area contributed by atoms with Gasteiger partial charge in [-0.15, -0.1) is 0 Å². The summed E-state index contributed by atoms with van der Waals surface area (Å²) in [5, 5.41) is 3.22. The van der Waals surface area contributed by atoms with Crippen molar-refractivity contribution in [2.24, 2.45) is 5.73 Å². The maximum absolute atomic E-state index is 5.65. The van der Waals surface area contributed by atoms with Crippen molar-refractivity contribution >= 4 is 5.69 Å². The molecule has 1 rings (SSSR count). The molecule has 12 heavy (non-hydrogen) atoms. The quantitative estimate of drug-likeness (QED) is 0.656. The Hall–Kier alpha value is -1.02. The summed E-state index contributed by atoms with van der Waals surface area (Å²) in [5.74, 6) is 0. The molecule has 2 heteroatoms. The van der Waals surface area contributed by atoms with Crippen LogP contribution < -0.4 is 11.1 Å². The lowest BCUT2D eigenvalue weighted by Crippen LogP contribution is -2.26. The van der Waals surface area contributed by atoms with Crippen LogP contribution in [0.5, 0.6) is 0 Å². The van der Waals surface area contributed by atoms with E-state index in [-0.39, 0.29) is 6.17 Å². The molecule has 0 aliphatic carbocycles. The van der Waals surface area contributed by atoms with Crippen LogP contribution in [-0.2, 0) is 0 Å². The molecule has 1 unspecified atom stereocenters. The Morgan fingerprint density at radius 1 is 1.25 bits per heavy atom. The average molecular weight is 164 g/mol. The molecule has 0 heterocycles. The fourth-order valence-electron chi connectivity index (χ4n) is 1.27. The predicted octanol–water partition coefficient (Wildman–Crippen LogP) is 2.02. The number of aryl methyl sites for hydroxylation is 2. The van der Waals surface area contributed by atoms with Crippen LogP contribution in [0.3, 0.4) is 0 Å². The van der Waals surface area contributed by atoms with Crippen molar-refractivity contribution in [1.29, 1.82) is 0 Å². The van der Waals surface area contributed by atoms with E-state index in [1.165, 1.54) is 11.1 Å². The van der Waals surface area contributed by atoms with Crippen LogP contribution in [0.25, 0.3) is 0 Å². The number of hydrogen-bond acceptors (Lipinski definition) is 2. The standard InChI is InChI=1S/C10H16N2/c1-7-5-4-6-8(2)10(7)12-9(3)11/h4-6,9,12H,11H2,1-3H3. The summed E-state index contributed by atoms with van der Waals surface area (Å²) in [4.78, 5) is 0. The van der Waals surface area contributed by atoms with Crippen molar-refractivity contribution in [1.82, 2.24) is 0 Å². The van der Waals surface area contributed by atoms with E-state index in [4.69, 9.17) is 5.73 Å². The molecule has 1 aromatic carbocycles. The minimum absolute atomic E-state index is 0.00444. The van der Waals surface area contributed by atoms with Gasteiger partial charge in [0.25, 0.3) is 0 Å². The highest BCUT2D eigenvalue weighted by Gasteiger charge is 2.01. The highest BCUT2D eigenvalue weighted by Crippen LogP contribution is 2.19. The zero-order valence-electron chi connectivity index (χ0n) is 7.89. The van der Waals surface area contributed by atoms with Gasteiger partial charge >= 0.3 is 0 Å². The smallest absolute Gasteiger partial charge is 0.0714 e. The van der Waals surface area contributed by atoms with Crippen molar-refractivity contribution < 1.29 is 0 Å². The lowest BCUT2D eigenvalue weighted by atomic mass is 10.1. The zero-order valence-corrected chi connectivity index (χ0v) is 7.89. The van der Waals surface area contributed by atoms with Crippen molar-refractivity contribution in [2.45, 2.75) is 26.9 Å². The van der Waals surface area contributed by atoms with Gasteiger partial charge in [0.1, 0.15) is 0 Å². The molecule has 0 aromatic heterocycles. The number of para-hydroxylation sites is 1. The number of nitrogens with two attached hydrogens (primary N) is 1. The molecule has 0 fully saturated rings. The highest BCUT2D eigenvalue weighted by molar-refractivity contribution is 5.56. The lowest BCUT2D eigenvalue weighted by Gasteiger charge is -2.14. The molecular formula is C10H16N2. The Balaban J connectivity index is 2.96. The first-order valence-corrected chi connectivity index (χ1v) is 4.19. The maximum atomic E-state index is 5.65. The van der Waals surface area contributed by atoms with Gasteiger partial charge in [0, 0.05) is 5.69 Å². The molecule has 0 aliphatic heterocycles. The van der Waals surface area contributed by atoms with Gasteiger partial charge in [-0.1, -0.05) is 18.2 Å². The van der Waals surface area contributed by atoms with E-state index < -0.39 is 0 Å². The van der Waals surface area contributed by atoms with E-state index in [1.54, 1.807) is 0 Å². The molecule has 1 aromatic rings. The number of benzene rings is 1. The normalized spacial score (nSPS) is 12.7. The molecule has 0 amide bonds. The second-order valence-electron chi connectivity index (χ2n) is 3.20. The summed E-state index contributed by atoms with van der Waals surface area (Å²) >= 11 is 0. The fraction of sp³-hybridized carbons (Fsp3) is 0.400. The lowest BCUT2D eigenvalue weighted by molar-refractivity contribution is 0.848. The molecule has 0 aliphatic rings. The SMILES string of the molecule is Cc1cccc(C)c1NC(C)N. The van der Waals surface area contributed by atoms with Gasteiger partial charge < -0.3 is 11.1 Å². The topological polar surface area (TPSA) is 38.0 Å². The van der Waals surface area contributed by atoms with Gasteiger partial charge in [-0.05, 0) is 31.9 Å². The van der Waals surface area contributed by atoms with Crippen LogP contribution in [0.15, 0.2) is 18.2 Å². The first kappa shape index (κ1) is 9.07. The van der Waals surface area contributed by atoms with Gasteiger partial charge in [-0.25, -0.2) is 0 Å². The second-order valence-corrected chi connectivity index (χ2v) is 3.20. The molecule has 0 spiro atoms. The van der Waals surface area contributed by atoms with Crippen molar-refractivity contribution in [3.8, 4) is 0 Å². The van der Waals surface area contributed by atoms with Crippen LogP contribution in [0.4, 0.5) is 5.69 Å². The Bertz CT molecular complexity index is 246. The Labute approximate surface area is 73.8 Å². The van der Waals surface area contributed by atoms with Crippen LogP contribution in [0, 0.1) is 13.8 Å². The van der Waals surface area contributed by atoms with Gasteiger partial charge in [-0.2, -0.15) is 0 Å². The molecule has 0 radical (unpaired) electrons. The maximum Gasteiger partial charge on any atom is 0.0714 e. The fourth-order valence-corrected chi connectivity index (χ4v) is 1.27. The first-order chi connectivity index (χ1) is 5.61. The monoisotopic (exact) mass is 164 g/mol. The summed E-state index contributed by atoms with van der Waals surface area (Å²) in [7, 11) is 0. The van der Waals surface area contributed by atoms with Crippen molar-refractivity contribution in [3.05, 3.63) is 29.3 Å². The molecule has 0 saturated heterocycles. The molecule has 2 nitrogen and oxygen atoms in total. The zero-order chi connectivity index (χ0) is 9.14. The Morgan fingerprint density at radius 2 is 1.75 bits per heavy atom. The van der Waals surface area contributed by atoms with Gasteiger partial charge in [-0.3, -0.25) is 0 Å².